The molecule has 1 aliphatic rings. The van der Waals surface area contributed by atoms with Crippen LogP contribution in [0.4, 0.5) is 0 Å². The van der Waals surface area contributed by atoms with Crippen molar-refractivity contribution in [2.24, 2.45) is 7.05 Å². The largest absolute Gasteiger partial charge is 0.343 e. The minimum Gasteiger partial charge on any atom is -0.343 e. The lowest BCUT2D eigenvalue weighted by molar-refractivity contribution is -0.142. The van der Waals surface area contributed by atoms with Gasteiger partial charge >= 0.3 is 0 Å². The van der Waals surface area contributed by atoms with E-state index in [0.717, 1.165) is 0 Å². The molecule has 0 bridgehead atoms. The van der Waals surface area contributed by atoms with Crippen molar-refractivity contribution >= 4 is 31.9 Å². The minimum atomic E-state index is -3.87. The first-order chi connectivity index (χ1) is 9.10. The second kappa shape index (κ2) is 4.78. The van der Waals surface area contributed by atoms with Gasteiger partial charge in [-0.05, 0) is 29.8 Å². The van der Waals surface area contributed by atoms with E-state index in [1.165, 1.54) is 20.9 Å². The molecular weight excluding hydrogens is 350 g/mol. The van der Waals surface area contributed by atoms with Crippen LogP contribution in [-0.2, 0) is 21.9 Å². The molecule has 20 heavy (non-hydrogen) atoms. The summed E-state index contributed by atoms with van der Waals surface area (Å²) in [5.74, 6) is -0.237. The predicted octanol–water partition coefficient (Wildman–Crippen LogP) is -0.181. The summed E-state index contributed by atoms with van der Waals surface area (Å²) < 4.78 is 28.1. The van der Waals surface area contributed by atoms with E-state index in [4.69, 9.17) is 0 Å². The van der Waals surface area contributed by atoms with Crippen LogP contribution in [0, 0.1) is 0 Å². The number of amides is 1. The third-order valence-corrected chi connectivity index (χ3v) is 6.37. The maximum absolute atomic E-state index is 12.8. The van der Waals surface area contributed by atoms with Gasteiger partial charge in [0, 0.05) is 27.2 Å². The highest BCUT2D eigenvalue weighted by molar-refractivity contribution is 9.10. The quantitative estimate of drug-likeness (QED) is 0.725. The van der Waals surface area contributed by atoms with Crippen molar-refractivity contribution in [2.75, 3.05) is 20.1 Å². The number of carbonyl (C=O) groups is 1. The Hall–Kier alpha value is -1.00. The zero-order valence-corrected chi connectivity index (χ0v) is 14.1. The molecule has 1 aliphatic heterocycles. The number of aromatic nitrogens is 3. The molecule has 0 unspecified atom stereocenters. The second-order valence-electron chi connectivity index (χ2n) is 5.17. The van der Waals surface area contributed by atoms with Gasteiger partial charge in [0.1, 0.15) is 5.54 Å². The van der Waals surface area contributed by atoms with Crippen molar-refractivity contribution in [2.45, 2.75) is 24.4 Å². The maximum Gasteiger partial charge on any atom is 0.264 e. The summed E-state index contributed by atoms with van der Waals surface area (Å²) in [4.78, 5) is 13.7. The first-order valence-corrected chi connectivity index (χ1v) is 8.17. The van der Waals surface area contributed by atoms with Gasteiger partial charge in [0.05, 0.1) is 0 Å². The number of sulfonamides is 1. The molecule has 0 atom stereocenters. The second-order valence-corrected chi connectivity index (χ2v) is 7.70. The van der Waals surface area contributed by atoms with E-state index in [-0.39, 0.29) is 22.1 Å². The van der Waals surface area contributed by atoms with Crippen LogP contribution < -0.4 is 0 Å². The van der Waals surface area contributed by atoms with Crippen LogP contribution in [0.1, 0.15) is 13.8 Å². The normalized spacial score (nSPS) is 20.4. The summed E-state index contributed by atoms with van der Waals surface area (Å²) in [6.45, 7) is 3.78. The molecule has 8 nitrogen and oxygen atoms in total. The van der Waals surface area contributed by atoms with Crippen LogP contribution in [-0.4, -0.2) is 64.2 Å². The number of piperazine rings is 1. The zero-order valence-electron chi connectivity index (χ0n) is 11.7. The Kier molecular flexibility index (Phi) is 3.68. The van der Waals surface area contributed by atoms with Crippen LogP contribution in [0.3, 0.4) is 0 Å². The lowest BCUT2D eigenvalue weighted by atomic mass is 10.0. The molecule has 10 heteroatoms. The molecule has 0 aromatic carbocycles. The lowest BCUT2D eigenvalue weighted by Crippen LogP contribution is -2.63. The molecule has 0 aliphatic carbocycles. The van der Waals surface area contributed by atoms with Crippen molar-refractivity contribution in [1.29, 1.82) is 0 Å². The summed E-state index contributed by atoms with van der Waals surface area (Å²) in [7, 11) is -0.709. The zero-order chi connectivity index (χ0) is 15.3. The Morgan fingerprint density at radius 1 is 1.25 bits per heavy atom. The van der Waals surface area contributed by atoms with Gasteiger partial charge in [-0.25, -0.2) is 13.1 Å². The van der Waals surface area contributed by atoms with E-state index >= 15 is 0 Å². The van der Waals surface area contributed by atoms with Gasteiger partial charge in [-0.3, -0.25) is 4.79 Å². The molecule has 1 aromatic rings. The molecule has 0 radical (unpaired) electrons. The molecule has 2 heterocycles. The minimum absolute atomic E-state index is 0.0528. The highest BCUT2D eigenvalue weighted by Gasteiger charge is 2.48. The Bertz CT molecular complexity index is 634. The van der Waals surface area contributed by atoms with Crippen LogP contribution in [0.15, 0.2) is 9.63 Å². The summed E-state index contributed by atoms with van der Waals surface area (Å²) in [5.41, 5.74) is -1.14. The van der Waals surface area contributed by atoms with Crippen molar-refractivity contribution in [3.63, 3.8) is 0 Å². The highest BCUT2D eigenvalue weighted by Crippen LogP contribution is 2.31. The molecule has 1 fully saturated rings. The molecule has 2 rings (SSSR count). The van der Waals surface area contributed by atoms with Gasteiger partial charge in [0.15, 0.2) is 4.60 Å². The SMILES string of the molecule is CN1CCN(S(=O)(=O)c2c(Br)nnn2C)C(C)(C)C1=O. The van der Waals surface area contributed by atoms with Crippen molar-refractivity contribution in [1.82, 2.24) is 24.2 Å². The Morgan fingerprint density at radius 3 is 2.35 bits per heavy atom. The van der Waals surface area contributed by atoms with Crippen molar-refractivity contribution in [3.8, 4) is 0 Å². The average molecular weight is 366 g/mol. The maximum atomic E-state index is 12.8. The summed E-state index contributed by atoms with van der Waals surface area (Å²) in [6.07, 6.45) is 0. The van der Waals surface area contributed by atoms with Gasteiger partial charge in [0.2, 0.25) is 10.9 Å². The van der Waals surface area contributed by atoms with E-state index < -0.39 is 15.6 Å². The fourth-order valence-corrected chi connectivity index (χ4v) is 5.09. The Morgan fingerprint density at radius 2 is 1.85 bits per heavy atom. The third-order valence-electron chi connectivity index (χ3n) is 3.40. The lowest BCUT2D eigenvalue weighted by Gasteiger charge is -2.43. The number of nitrogens with zero attached hydrogens (tertiary/aromatic N) is 5. The molecule has 1 aromatic heterocycles. The number of hydrogen-bond donors (Lipinski definition) is 0. The number of carbonyl (C=O) groups excluding carboxylic acids is 1. The Labute approximate surface area is 125 Å². The van der Waals surface area contributed by atoms with E-state index in [2.05, 4.69) is 26.2 Å². The fraction of sp³-hybridized carbons (Fsp3) is 0.700. The van der Waals surface area contributed by atoms with Crippen LogP contribution in [0.2, 0.25) is 0 Å². The summed E-state index contributed by atoms with van der Waals surface area (Å²) in [6, 6.07) is 0. The number of aryl methyl sites for hydroxylation is 1. The van der Waals surface area contributed by atoms with Crippen molar-refractivity contribution < 1.29 is 13.2 Å². The number of rotatable bonds is 2. The van der Waals surface area contributed by atoms with E-state index in [1.807, 2.05) is 0 Å². The van der Waals surface area contributed by atoms with E-state index in [9.17, 15) is 13.2 Å². The topological polar surface area (TPSA) is 88.4 Å². The van der Waals surface area contributed by atoms with E-state index in [1.54, 1.807) is 20.9 Å². The van der Waals surface area contributed by atoms with Crippen LogP contribution in [0.5, 0.6) is 0 Å². The molecule has 0 N–H and O–H groups in total. The summed E-state index contributed by atoms with van der Waals surface area (Å²) >= 11 is 3.09. The van der Waals surface area contributed by atoms with Crippen LogP contribution >= 0.6 is 15.9 Å². The molecule has 112 valence electrons. The van der Waals surface area contributed by atoms with Gasteiger partial charge in [-0.2, -0.15) is 4.31 Å². The predicted molar refractivity (Wildman–Crippen MR) is 74.3 cm³/mol. The van der Waals surface area contributed by atoms with Gasteiger partial charge in [-0.15, -0.1) is 5.10 Å². The molecular formula is C10H16BrN5O3S. The van der Waals surface area contributed by atoms with E-state index in [0.29, 0.717) is 6.54 Å². The van der Waals surface area contributed by atoms with Gasteiger partial charge < -0.3 is 4.90 Å². The molecule has 0 spiro atoms. The monoisotopic (exact) mass is 365 g/mol. The van der Waals surface area contributed by atoms with Crippen molar-refractivity contribution in [3.05, 3.63) is 4.60 Å². The standard InChI is InChI=1S/C10H16BrN5O3S/c1-10(2)9(17)14(3)5-6-16(10)20(18,19)8-7(11)12-13-15(8)4/h5-6H2,1-4H3. The van der Waals surface area contributed by atoms with Crippen LogP contribution in [0.25, 0.3) is 0 Å². The number of likely N-dealkylation sites (N-methyl/N-ethyl adjacent to an activating group) is 1. The smallest absolute Gasteiger partial charge is 0.264 e. The van der Waals surface area contributed by atoms with Gasteiger partial charge in [-0.1, -0.05) is 5.21 Å². The highest BCUT2D eigenvalue weighted by atomic mass is 79.9. The number of hydrogen-bond acceptors (Lipinski definition) is 5. The number of halogens is 1. The first-order valence-electron chi connectivity index (χ1n) is 5.93. The first kappa shape index (κ1) is 15.4. The fourth-order valence-electron chi connectivity index (χ4n) is 2.32. The van der Waals surface area contributed by atoms with Gasteiger partial charge in [0.25, 0.3) is 10.0 Å². The Balaban J connectivity index is 2.53. The molecule has 1 saturated heterocycles. The third kappa shape index (κ3) is 2.15. The molecule has 1 amide bonds. The summed E-state index contributed by atoms with van der Waals surface area (Å²) in [5, 5.41) is 7.31. The molecule has 0 saturated carbocycles. The average Bonchev–Trinajstić information content (AvgIpc) is 2.66.